The monoisotopic (exact) mass is 399 g/mol. The third-order valence-corrected chi connectivity index (χ3v) is 7.94. The van der Waals surface area contributed by atoms with Crippen LogP contribution < -0.4 is 0 Å². The fourth-order valence-corrected chi connectivity index (χ4v) is 6.45. The van der Waals surface area contributed by atoms with Gasteiger partial charge < -0.3 is 4.90 Å². The molecule has 2 aliphatic carbocycles. The minimum absolute atomic E-state index is 0.354. The van der Waals surface area contributed by atoms with Crippen LogP contribution in [0.25, 0.3) is 0 Å². The first-order valence-electron chi connectivity index (χ1n) is 11.5. The molecule has 0 unspecified atom stereocenters. The van der Waals surface area contributed by atoms with E-state index in [1.807, 2.05) is 0 Å². The Morgan fingerprint density at radius 2 is 1.57 bits per heavy atom. The van der Waals surface area contributed by atoms with Crippen LogP contribution in [-0.4, -0.2) is 44.7 Å². The Hall–Kier alpha value is -2.53. The number of H-pyrrole nitrogens is 1. The molecule has 0 atom stereocenters. The average molecular weight is 400 g/mol. The minimum atomic E-state index is -0.354. The second kappa shape index (κ2) is 7.31. The van der Waals surface area contributed by atoms with Gasteiger partial charge in [0.25, 0.3) is 0 Å². The molecule has 0 spiro atoms. The zero-order valence-electron chi connectivity index (χ0n) is 17.4. The number of aromatic amines is 1. The largest absolute Gasteiger partial charge is 0.300 e. The zero-order valence-corrected chi connectivity index (χ0v) is 17.4. The summed E-state index contributed by atoms with van der Waals surface area (Å²) in [6.07, 6.45) is 8.68. The van der Waals surface area contributed by atoms with Crippen molar-refractivity contribution in [1.82, 2.24) is 25.5 Å². The van der Waals surface area contributed by atoms with Crippen LogP contribution in [-0.2, 0) is 18.3 Å². The first kappa shape index (κ1) is 18.3. The van der Waals surface area contributed by atoms with Gasteiger partial charge in [0.1, 0.15) is 0 Å². The van der Waals surface area contributed by atoms with E-state index in [1.54, 1.807) is 0 Å². The molecular weight excluding hydrogens is 370 g/mol. The number of rotatable bonds is 4. The van der Waals surface area contributed by atoms with E-state index in [-0.39, 0.29) is 5.41 Å². The molecule has 1 saturated carbocycles. The van der Waals surface area contributed by atoms with Crippen molar-refractivity contribution < 1.29 is 0 Å². The summed E-state index contributed by atoms with van der Waals surface area (Å²) < 4.78 is 0. The highest BCUT2D eigenvalue weighted by molar-refractivity contribution is 5.54. The molecule has 4 aliphatic rings. The van der Waals surface area contributed by atoms with Crippen LogP contribution in [0.1, 0.15) is 60.2 Å². The summed E-state index contributed by atoms with van der Waals surface area (Å²) in [4.78, 5) is 2.76. The van der Waals surface area contributed by atoms with Gasteiger partial charge in [-0.25, -0.2) is 0 Å². The number of fused-ring (bicyclic) bond motifs is 5. The number of hydrogen-bond donors (Lipinski definition) is 1. The van der Waals surface area contributed by atoms with E-state index in [0.29, 0.717) is 0 Å². The molecule has 30 heavy (non-hydrogen) atoms. The molecule has 2 saturated heterocycles. The maximum atomic E-state index is 4.60. The SMILES string of the molecule is c1ccc2c(c1)CCc1ccccc1C2(CCN1CC2CCC1CC2)c1nn[nH]n1. The van der Waals surface area contributed by atoms with Crippen LogP contribution in [0.3, 0.4) is 0 Å². The molecule has 2 bridgehead atoms. The molecule has 3 fully saturated rings. The number of aryl methyl sites for hydroxylation is 2. The van der Waals surface area contributed by atoms with Crippen LogP contribution in [0.15, 0.2) is 48.5 Å². The smallest absolute Gasteiger partial charge is 0.189 e. The normalized spacial score (nSPS) is 24.8. The molecule has 0 radical (unpaired) electrons. The molecule has 7 rings (SSSR count). The van der Waals surface area contributed by atoms with E-state index < -0.39 is 0 Å². The maximum Gasteiger partial charge on any atom is 0.189 e. The van der Waals surface area contributed by atoms with Crippen molar-refractivity contribution in [2.45, 2.75) is 56.4 Å². The molecule has 5 heteroatoms. The summed E-state index contributed by atoms with van der Waals surface area (Å²) in [7, 11) is 0. The Balaban J connectivity index is 1.49. The highest BCUT2D eigenvalue weighted by Gasteiger charge is 2.45. The van der Waals surface area contributed by atoms with Crippen molar-refractivity contribution in [1.29, 1.82) is 0 Å². The summed E-state index contributed by atoms with van der Waals surface area (Å²) in [5, 5.41) is 16.0. The molecule has 1 N–H and O–H groups in total. The number of hydrogen-bond acceptors (Lipinski definition) is 4. The van der Waals surface area contributed by atoms with Crippen molar-refractivity contribution in [2.24, 2.45) is 5.92 Å². The number of benzene rings is 2. The van der Waals surface area contributed by atoms with Crippen LogP contribution in [0.5, 0.6) is 0 Å². The molecule has 2 aromatic carbocycles. The van der Waals surface area contributed by atoms with Gasteiger partial charge in [0.05, 0.1) is 5.41 Å². The Kier molecular flexibility index (Phi) is 4.45. The maximum absolute atomic E-state index is 4.60. The predicted molar refractivity (Wildman–Crippen MR) is 116 cm³/mol. The molecular formula is C25H29N5. The number of nitrogens with zero attached hydrogens (tertiary/aromatic N) is 4. The van der Waals surface area contributed by atoms with Gasteiger partial charge >= 0.3 is 0 Å². The van der Waals surface area contributed by atoms with Crippen molar-refractivity contribution in [3.63, 3.8) is 0 Å². The van der Waals surface area contributed by atoms with Crippen LogP contribution in [0, 0.1) is 5.92 Å². The Labute approximate surface area is 177 Å². The Morgan fingerprint density at radius 1 is 0.900 bits per heavy atom. The molecule has 154 valence electrons. The van der Waals surface area contributed by atoms with E-state index in [2.05, 4.69) is 74.1 Å². The topological polar surface area (TPSA) is 57.7 Å². The summed E-state index contributed by atoms with van der Waals surface area (Å²) in [5.41, 5.74) is 5.20. The third-order valence-electron chi connectivity index (χ3n) is 7.94. The highest BCUT2D eigenvalue weighted by atomic mass is 15.5. The zero-order chi connectivity index (χ0) is 20.0. The minimum Gasteiger partial charge on any atom is -0.300 e. The second-order valence-electron chi connectivity index (χ2n) is 9.37. The second-order valence-corrected chi connectivity index (χ2v) is 9.37. The average Bonchev–Trinajstić information content (AvgIpc) is 3.31. The number of aromatic nitrogens is 4. The molecule has 2 aliphatic heterocycles. The van der Waals surface area contributed by atoms with Gasteiger partial charge in [-0.1, -0.05) is 53.7 Å². The van der Waals surface area contributed by atoms with Gasteiger partial charge in [-0.05, 0) is 73.1 Å². The molecule has 0 amide bonds. The number of nitrogens with one attached hydrogen (secondary N) is 1. The lowest BCUT2D eigenvalue weighted by atomic mass is 9.69. The molecule has 5 nitrogen and oxygen atoms in total. The molecule has 3 heterocycles. The summed E-state index contributed by atoms with van der Waals surface area (Å²) >= 11 is 0. The van der Waals surface area contributed by atoms with Crippen molar-refractivity contribution in [2.75, 3.05) is 13.1 Å². The highest BCUT2D eigenvalue weighted by Crippen LogP contribution is 2.46. The lowest BCUT2D eigenvalue weighted by Gasteiger charge is -2.46. The van der Waals surface area contributed by atoms with Gasteiger partial charge in [0, 0.05) is 19.1 Å². The quantitative estimate of drug-likeness (QED) is 0.723. The summed E-state index contributed by atoms with van der Waals surface area (Å²) in [6, 6.07) is 18.6. The van der Waals surface area contributed by atoms with Gasteiger partial charge in [0.15, 0.2) is 5.82 Å². The third kappa shape index (κ3) is 2.83. The molecule has 1 aromatic heterocycles. The fourth-order valence-electron chi connectivity index (χ4n) is 6.45. The predicted octanol–water partition coefficient (Wildman–Crippen LogP) is 3.90. The van der Waals surface area contributed by atoms with Crippen LogP contribution in [0.2, 0.25) is 0 Å². The lowest BCUT2D eigenvalue weighted by Crippen LogP contribution is -2.49. The van der Waals surface area contributed by atoms with E-state index in [4.69, 9.17) is 0 Å². The van der Waals surface area contributed by atoms with Gasteiger partial charge in [-0.3, -0.25) is 0 Å². The Bertz CT molecular complexity index is 972. The summed E-state index contributed by atoms with van der Waals surface area (Å²) in [6.45, 7) is 2.34. The van der Waals surface area contributed by atoms with Crippen LogP contribution >= 0.6 is 0 Å². The molecule has 3 aromatic rings. The van der Waals surface area contributed by atoms with Crippen molar-refractivity contribution in [3.8, 4) is 0 Å². The van der Waals surface area contributed by atoms with E-state index in [0.717, 1.165) is 43.6 Å². The van der Waals surface area contributed by atoms with Crippen molar-refractivity contribution in [3.05, 3.63) is 76.6 Å². The first-order valence-corrected chi connectivity index (χ1v) is 11.5. The van der Waals surface area contributed by atoms with Crippen LogP contribution in [0.4, 0.5) is 0 Å². The van der Waals surface area contributed by atoms with Gasteiger partial charge in [0.2, 0.25) is 0 Å². The Morgan fingerprint density at radius 3 is 2.13 bits per heavy atom. The van der Waals surface area contributed by atoms with E-state index in [9.17, 15) is 0 Å². The van der Waals surface area contributed by atoms with E-state index in [1.165, 1.54) is 54.5 Å². The van der Waals surface area contributed by atoms with Gasteiger partial charge in [-0.2, -0.15) is 5.21 Å². The lowest BCUT2D eigenvalue weighted by molar-refractivity contribution is 0.0451. The first-order chi connectivity index (χ1) is 14.8. The fraction of sp³-hybridized carbons (Fsp3) is 0.480. The standard InChI is InChI=1S/C25H29N5/c1-3-7-22-19(5-1)11-12-20-6-2-4-8-23(20)25(22,24-26-28-29-27-24)15-16-30-17-18-9-13-21(30)14-10-18/h1-8,18,21H,9-17H2,(H,26,27,28,29). The van der Waals surface area contributed by atoms with Crippen molar-refractivity contribution >= 4 is 0 Å². The number of tetrazole rings is 1. The number of piperidine rings is 2. The summed E-state index contributed by atoms with van der Waals surface area (Å²) in [5.74, 6) is 1.70. The van der Waals surface area contributed by atoms with Gasteiger partial charge in [-0.15, -0.1) is 10.2 Å². The van der Waals surface area contributed by atoms with E-state index >= 15 is 0 Å².